The second kappa shape index (κ2) is 10.2. The number of hydrogen-bond donors (Lipinski definition) is 0. The lowest BCUT2D eigenvalue weighted by atomic mass is 10.00. The van der Waals surface area contributed by atoms with Crippen molar-refractivity contribution in [2.75, 3.05) is 26.2 Å². The van der Waals surface area contributed by atoms with Crippen molar-refractivity contribution in [3.63, 3.8) is 0 Å². The monoisotopic (exact) mass is 496 g/mol. The van der Waals surface area contributed by atoms with Gasteiger partial charge in [-0.2, -0.15) is 0 Å². The molecular formula is C27H26F2N2O3S. The van der Waals surface area contributed by atoms with Crippen molar-refractivity contribution >= 4 is 23.2 Å². The summed E-state index contributed by atoms with van der Waals surface area (Å²) in [6.45, 7) is 0.970. The zero-order valence-corrected chi connectivity index (χ0v) is 20.0. The van der Waals surface area contributed by atoms with E-state index in [9.17, 15) is 18.4 Å². The number of amides is 2. The van der Waals surface area contributed by atoms with Crippen LogP contribution in [-0.2, 0) is 11.2 Å². The number of fused-ring (bicyclic) bond motifs is 1. The first-order valence-corrected chi connectivity index (χ1v) is 12.7. The highest BCUT2D eigenvalue weighted by Crippen LogP contribution is 2.35. The van der Waals surface area contributed by atoms with E-state index in [1.807, 2.05) is 11.4 Å². The van der Waals surface area contributed by atoms with Crippen LogP contribution in [0.5, 0.6) is 5.75 Å². The normalized spacial score (nSPS) is 17.1. The van der Waals surface area contributed by atoms with Gasteiger partial charge in [-0.1, -0.05) is 18.2 Å². The van der Waals surface area contributed by atoms with Crippen LogP contribution >= 0.6 is 11.3 Å². The van der Waals surface area contributed by atoms with E-state index < -0.39 is 17.5 Å². The molecule has 1 aliphatic heterocycles. The zero-order chi connectivity index (χ0) is 24.4. The fraction of sp³-hybridized carbons (Fsp3) is 0.333. The molecular weight excluding hydrogens is 470 g/mol. The Hall–Kier alpha value is -3.26. The Morgan fingerprint density at radius 2 is 1.91 bits per heavy atom. The summed E-state index contributed by atoms with van der Waals surface area (Å²) in [7, 11) is 0. The van der Waals surface area contributed by atoms with Gasteiger partial charge in [0.2, 0.25) is 5.91 Å². The van der Waals surface area contributed by atoms with Crippen molar-refractivity contribution in [1.82, 2.24) is 9.80 Å². The van der Waals surface area contributed by atoms with Gasteiger partial charge in [0.15, 0.2) is 0 Å². The molecule has 5 nitrogen and oxygen atoms in total. The van der Waals surface area contributed by atoms with Crippen molar-refractivity contribution in [1.29, 1.82) is 0 Å². The molecule has 1 aliphatic carbocycles. The predicted molar refractivity (Wildman–Crippen MR) is 129 cm³/mol. The van der Waals surface area contributed by atoms with Crippen molar-refractivity contribution in [3.8, 4) is 5.75 Å². The van der Waals surface area contributed by atoms with Crippen molar-refractivity contribution in [2.24, 2.45) is 5.92 Å². The average Bonchev–Trinajstić information content (AvgIpc) is 3.54. The molecule has 1 fully saturated rings. The molecule has 0 saturated heterocycles. The van der Waals surface area contributed by atoms with Crippen LogP contribution < -0.4 is 4.74 Å². The number of halogens is 2. The van der Waals surface area contributed by atoms with Crippen molar-refractivity contribution < 1.29 is 23.1 Å². The molecule has 0 spiro atoms. The molecule has 8 heteroatoms. The molecule has 5 rings (SSSR count). The summed E-state index contributed by atoms with van der Waals surface area (Å²) in [5.74, 6) is -0.921. The molecule has 0 N–H and O–H groups in total. The smallest absolute Gasteiger partial charge is 0.257 e. The van der Waals surface area contributed by atoms with Crippen LogP contribution in [0.4, 0.5) is 8.78 Å². The summed E-state index contributed by atoms with van der Waals surface area (Å²) in [4.78, 5) is 31.2. The van der Waals surface area contributed by atoms with Gasteiger partial charge in [0.05, 0.1) is 11.6 Å². The number of nitrogens with zero attached hydrogens (tertiary/aromatic N) is 2. The van der Waals surface area contributed by atoms with Crippen LogP contribution in [0.15, 0.2) is 60.0 Å². The van der Waals surface area contributed by atoms with Crippen LogP contribution in [0.2, 0.25) is 0 Å². The van der Waals surface area contributed by atoms with Crippen molar-refractivity contribution in [2.45, 2.75) is 25.3 Å². The zero-order valence-electron chi connectivity index (χ0n) is 19.2. The van der Waals surface area contributed by atoms with Gasteiger partial charge in [-0.05, 0) is 66.5 Å². The summed E-state index contributed by atoms with van der Waals surface area (Å²) in [6, 6.07) is 13.4. The number of thiophene rings is 1. The Kier molecular flexibility index (Phi) is 6.81. The summed E-state index contributed by atoms with van der Waals surface area (Å²) in [5.41, 5.74) is 0.992. The third-order valence-corrected chi connectivity index (χ3v) is 7.51. The van der Waals surface area contributed by atoms with Crippen LogP contribution in [-0.4, -0.2) is 47.9 Å². The summed E-state index contributed by atoms with van der Waals surface area (Å²) in [5, 5.41) is 1.99. The maximum absolute atomic E-state index is 14.3. The standard InChI is InChI=1S/C27H26F2N2O3S/c28-19-4-3-5-20(14-19)34-17-24-22-11-13-35-25(22)10-12-31(24)26(32)16-30(15-18-8-9-18)27(33)21-6-1-2-7-23(21)29/h1-7,11,13-14,18,24H,8-10,12,15-17H2. The fourth-order valence-electron chi connectivity index (χ4n) is 4.50. The maximum atomic E-state index is 14.3. The molecule has 1 unspecified atom stereocenters. The third-order valence-electron chi connectivity index (χ3n) is 6.51. The largest absolute Gasteiger partial charge is 0.491 e. The van der Waals surface area contributed by atoms with Gasteiger partial charge < -0.3 is 14.5 Å². The fourth-order valence-corrected chi connectivity index (χ4v) is 5.43. The van der Waals surface area contributed by atoms with E-state index in [4.69, 9.17) is 4.74 Å². The minimum atomic E-state index is -0.590. The molecule has 0 radical (unpaired) electrons. The second-order valence-electron chi connectivity index (χ2n) is 9.03. The van der Waals surface area contributed by atoms with E-state index in [0.717, 1.165) is 24.8 Å². The summed E-state index contributed by atoms with van der Waals surface area (Å²) in [6.07, 6.45) is 2.72. The minimum Gasteiger partial charge on any atom is -0.491 e. The summed E-state index contributed by atoms with van der Waals surface area (Å²) >= 11 is 1.64. The average molecular weight is 497 g/mol. The highest BCUT2D eigenvalue weighted by atomic mass is 32.1. The maximum Gasteiger partial charge on any atom is 0.257 e. The topological polar surface area (TPSA) is 49.9 Å². The van der Waals surface area contributed by atoms with Gasteiger partial charge in [0.25, 0.3) is 5.91 Å². The predicted octanol–water partition coefficient (Wildman–Crippen LogP) is 5.08. The first-order valence-electron chi connectivity index (χ1n) is 11.8. The minimum absolute atomic E-state index is 0.0225. The van der Waals surface area contributed by atoms with E-state index in [2.05, 4.69) is 0 Å². The Morgan fingerprint density at radius 1 is 1.09 bits per heavy atom. The lowest BCUT2D eigenvalue weighted by Crippen LogP contribution is -2.48. The van der Waals surface area contributed by atoms with Gasteiger partial charge in [-0.3, -0.25) is 9.59 Å². The Morgan fingerprint density at radius 3 is 2.69 bits per heavy atom. The van der Waals surface area contributed by atoms with E-state index in [1.54, 1.807) is 34.4 Å². The first kappa shape index (κ1) is 23.5. The van der Waals surface area contributed by atoms with Gasteiger partial charge in [0.1, 0.15) is 30.5 Å². The lowest BCUT2D eigenvalue weighted by molar-refractivity contribution is -0.135. The number of carbonyl (C=O) groups is 2. The summed E-state index contributed by atoms with van der Waals surface area (Å²) < 4.78 is 33.8. The number of rotatable bonds is 8. The SMILES string of the molecule is O=C(c1ccccc1F)N(CC(=O)N1CCc2sccc2C1COc1cccc(F)c1)CC1CC1. The molecule has 1 saturated carbocycles. The Balaban J connectivity index is 1.35. The van der Waals surface area contributed by atoms with Gasteiger partial charge in [-0.25, -0.2) is 8.78 Å². The van der Waals surface area contributed by atoms with Crippen LogP contribution in [0.1, 0.15) is 39.7 Å². The number of hydrogen-bond acceptors (Lipinski definition) is 4. The number of benzene rings is 2. The lowest BCUT2D eigenvalue weighted by Gasteiger charge is -2.37. The Bertz CT molecular complexity index is 1230. The molecule has 0 bridgehead atoms. The first-order chi connectivity index (χ1) is 17.0. The van der Waals surface area contributed by atoms with Crippen LogP contribution in [0.25, 0.3) is 0 Å². The molecule has 1 atom stereocenters. The highest BCUT2D eigenvalue weighted by molar-refractivity contribution is 7.10. The molecule has 2 aromatic carbocycles. The third kappa shape index (κ3) is 5.37. The Labute approximate surface area is 206 Å². The quantitative estimate of drug-likeness (QED) is 0.437. The van der Waals surface area contributed by atoms with E-state index >= 15 is 0 Å². The highest BCUT2D eigenvalue weighted by Gasteiger charge is 2.35. The number of ether oxygens (including phenoxy) is 1. The van der Waals surface area contributed by atoms with Crippen LogP contribution in [0.3, 0.4) is 0 Å². The molecule has 1 aromatic heterocycles. The molecule has 2 heterocycles. The van der Waals surface area contributed by atoms with Gasteiger partial charge >= 0.3 is 0 Å². The van der Waals surface area contributed by atoms with Gasteiger partial charge in [-0.15, -0.1) is 11.3 Å². The van der Waals surface area contributed by atoms with Crippen molar-refractivity contribution in [3.05, 3.63) is 87.6 Å². The van der Waals surface area contributed by atoms with Crippen LogP contribution in [0, 0.1) is 17.6 Å². The van der Waals surface area contributed by atoms with Gasteiger partial charge in [0, 0.05) is 24.0 Å². The number of carbonyl (C=O) groups excluding carboxylic acids is 2. The van der Waals surface area contributed by atoms with E-state index in [-0.39, 0.29) is 30.7 Å². The molecule has 3 aromatic rings. The second-order valence-corrected chi connectivity index (χ2v) is 10.0. The molecule has 2 amide bonds. The molecule has 35 heavy (non-hydrogen) atoms. The molecule has 2 aliphatic rings. The van der Waals surface area contributed by atoms with E-state index in [0.29, 0.717) is 24.8 Å². The van der Waals surface area contributed by atoms with E-state index in [1.165, 1.54) is 40.1 Å². The molecule has 182 valence electrons.